The van der Waals surface area contributed by atoms with Crippen LogP contribution in [0.4, 0.5) is 0 Å². The summed E-state index contributed by atoms with van der Waals surface area (Å²) in [4.78, 5) is 15.4. The molecule has 0 atom stereocenters. The Morgan fingerprint density at radius 2 is 1.90 bits per heavy atom. The first-order valence-electron chi connectivity index (χ1n) is 6.64. The number of H-pyrrole nitrogens is 1. The van der Waals surface area contributed by atoms with Crippen molar-refractivity contribution in [1.82, 2.24) is 10.3 Å². The van der Waals surface area contributed by atoms with Crippen molar-refractivity contribution in [2.24, 2.45) is 0 Å². The first-order chi connectivity index (χ1) is 9.74. The third-order valence-corrected chi connectivity index (χ3v) is 3.41. The van der Waals surface area contributed by atoms with E-state index in [2.05, 4.69) is 17.2 Å². The molecule has 20 heavy (non-hydrogen) atoms. The summed E-state index contributed by atoms with van der Waals surface area (Å²) in [5, 5.41) is 3.92. The summed E-state index contributed by atoms with van der Waals surface area (Å²) in [7, 11) is 0. The molecule has 0 fully saturated rings. The molecule has 1 amide bonds. The average Bonchev–Trinajstić information content (AvgIpc) is 2.94. The molecule has 0 radical (unpaired) electrons. The molecule has 0 aliphatic heterocycles. The van der Waals surface area contributed by atoms with Crippen LogP contribution in [0.1, 0.15) is 21.5 Å². The Kier molecular flexibility index (Phi) is 3.25. The summed E-state index contributed by atoms with van der Waals surface area (Å²) in [5.74, 6) is -0.0456. The molecule has 0 bridgehead atoms. The maximum atomic E-state index is 12.3. The van der Waals surface area contributed by atoms with Crippen LogP contribution < -0.4 is 5.32 Å². The van der Waals surface area contributed by atoms with Crippen LogP contribution in [0.3, 0.4) is 0 Å². The minimum Gasteiger partial charge on any atom is -0.361 e. The number of nitrogens with one attached hydrogen (secondary N) is 2. The Hall–Kier alpha value is -2.55. The number of aromatic nitrogens is 1. The van der Waals surface area contributed by atoms with Gasteiger partial charge in [-0.15, -0.1) is 0 Å². The smallest absolute Gasteiger partial charge is 0.252 e. The van der Waals surface area contributed by atoms with Gasteiger partial charge in [-0.2, -0.15) is 0 Å². The lowest BCUT2D eigenvalue weighted by molar-refractivity contribution is 0.0952. The Morgan fingerprint density at radius 1 is 1.10 bits per heavy atom. The molecule has 3 heteroatoms. The van der Waals surface area contributed by atoms with Gasteiger partial charge in [-0.05, 0) is 30.7 Å². The Morgan fingerprint density at radius 3 is 2.70 bits per heavy atom. The van der Waals surface area contributed by atoms with Crippen molar-refractivity contribution in [2.75, 3.05) is 0 Å². The van der Waals surface area contributed by atoms with Gasteiger partial charge >= 0.3 is 0 Å². The van der Waals surface area contributed by atoms with Gasteiger partial charge in [-0.3, -0.25) is 4.79 Å². The monoisotopic (exact) mass is 264 g/mol. The zero-order valence-corrected chi connectivity index (χ0v) is 11.3. The molecule has 0 spiro atoms. The van der Waals surface area contributed by atoms with Crippen LogP contribution in [0.15, 0.2) is 54.7 Å². The number of benzene rings is 2. The van der Waals surface area contributed by atoms with E-state index < -0.39 is 0 Å². The van der Waals surface area contributed by atoms with Gasteiger partial charge in [0.25, 0.3) is 5.91 Å². The molecule has 100 valence electrons. The summed E-state index contributed by atoms with van der Waals surface area (Å²) in [6.07, 6.45) is 1.85. The SMILES string of the molecule is Cc1ccc(CNC(=O)c2cccc3[nH]ccc23)cc1. The second-order valence-electron chi connectivity index (χ2n) is 4.91. The maximum Gasteiger partial charge on any atom is 0.252 e. The van der Waals surface area contributed by atoms with Gasteiger partial charge in [0.1, 0.15) is 0 Å². The van der Waals surface area contributed by atoms with Crippen molar-refractivity contribution in [2.45, 2.75) is 13.5 Å². The van der Waals surface area contributed by atoms with E-state index in [4.69, 9.17) is 0 Å². The van der Waals surface area contributed by atoms with Crippen LogP contribution >= 0.6 is 0 Å². The Labute approximate surface area is 117 Å². The predicted molar refractivity (Wildman–Crippen MR) is 80.6 cm³/mol. The number of hydrogen-bond acceptors (Lipinski definition) is 1. The number of aromatic amines is 1. The number of amides is 1. The van der Waals surface area contributed by atoms with Crippen LogP contribution in [-0.2, 0) is 6.54 Å². The summed E-state index contributed by atoms with van der Waals surface area (Å²) in [6, 6.07) is 15.8. The highest BCUT2D eigenvalue weighted by molar-refractivity contribution is 6.06. The summed E-state index contributed by atoms with van der Waals surface area (Å²) in [6.45, 7) is 2.59. The van der Waals surface area contributed by atoms with Crippen molar-refractivity contribution in [3.05, 3.63) is 71.4 Å². The molecule has 0 saturated heterocycles. The highest BCUT2D eigenvalue weighted by Gasteiger charge is 2.09. The molecule has 2 N–H and O–H groups in total. The second kappa shape index (κ2) is 5.21. The summed E-state index contributed by atoms with van der Waals surface area (Å²) in [5.41, 5.74) is 4.01. The van der Waals surface area contributed by atoms with E-state index in [0.717, 1.165) is 16.5 Å². The normalized spacial score (nSPS) is 10.7. The molecule has 0 aliphatic rings. The van der Waals surface area contributed by atoms with Gasteiger partial charge in [0.05, 0.1) is 0 Å². The van der Waals surface area contributed by atoms with Gasteiger partial charge in [-0.25, -0.2) is 0 Å². The highest BCUT2D eigenvalue weighted by Crippen LogP contribution is 2.17. The first kappa shape index (κ1) is 12.5. The predicted octanol–water partition coefficient (Wildman–Crippen LogP) is 3.41. The van der Waals surface area contributed by atoms with Crippen molar-refractivity contribution < 1.29 is 4.79 Å². The van der Waals surface area contributed by atoms with Crippen LogP contribution in [0.25, 0.3) is 10.9 Å². The number of rotatable bonds is 3. The number of aryl methyl sites for hydroxylation is 1. The molecular formula is C17H16N2O. The fourth-order valence-electron chi connectivity index (χ4n) is 2.27. The zero-order chi connectivity index (χ0) is 13.9. The number of fused-ring (bicyclic) bond motifs is 1. The van der Waals surface area contributed by atoms with Crippen molar-refractivity contribution in [3.63, 3.8) is 0 Å². The lowest BCUT2D eigenvalue weighted by Gasteiger charge is -2.07. The van der Waals surface area contributed by atoms with Crippen molar-refractivity contribution in [3.8, 4) is 0 Å². The third kappa shape index (κ3) is 2.43. The van der Waals surface area contributed by atoms with Crippen LogP contribution in [0.2, 0.25) is 0 Å². The molecule has 1 aromatic heterocycles. The standard InChI is InChI=1S/C17H16N2O/c1-12-5-7-13(8-6-12)11-19-17(20)15-3-2-4-16-14(15)9-10-18-16/h2-10,18H,11H2,1H3,(H,19,20). The van der Waals surface area contributed by atoms with Gasteiger partial charge in [0, 0.05) is 29.2 Å². The van der Waals surface area contributed by atoms with E-state index in [0.29, 0.717) is 12.1 Å². The molecule has 3 nitrogen and oxygen atoms in total. The fourth-order valence-corrected chi connectivity index (χ4v) is 2.27. The lowest BCUT2D eigenvalue weighted by atomic mass is 10.1. The third-order valence-electron chi connectivity index (χ3n) is 3.41. The van der Waals surface area contributed by atoms with E-state index in [1.54, 1.807) is 0 Å². The van der Waals surface area contributed by atoms with E-state index in [9.17, 15) is 4.79 Å². The van der Waals surface area contributed by atoms with E-state index in [-0.39, 0.29) is 5.91 Å². The maximum absolute atomic E-state index is 12.3. The molecule has 1 heterocycles. The zero-order valence-electron chi connectivity index (χ0n) is 11.3. The number of hydrogen-bond donors (Lipinski definition) is 2. The quantitative estimate of drug-likeness (QED) is 0.748. The average molecular weight is 264 g/mol. The van der Waals surface area contributed by atoms with Crippen LogP contribution in [0.5, 0.6) is 0 Å². The van der Waals surface area contributed by atoms with Gasteiger partial charge in [-0.1, -0.05) is 35.9 Å². The van der Waals surface area contributed by atoms with E-state index in [1.807, 2.05) is 54.7 Å². The Bertz CT molecular complexity index is 741. The minimum absolute atomic E-state index is 0.0456. The highest BCUT2D eigenvalue weighted by atomic mass is 16.1. The molecule has 3 rings (SSSR count). The fraction of sp³-hybridized carbons (Fsp3) is 0.118. The molecule has 0 unspecified atom stereocenters. The number of carbonyl (C=O) groups is 1. The van der Waals surface area contributed by atoms with Gasteiger partial charge in [0.2, 0.25) is 0 Å². The van der Waals surface area contributed by atoms with Crippen molar-refractivity contribution >= 4 is 16.8 Å². The topological polar surface area (TPSA) is 44.9 Å². The van der Waals surface area contributed by atoms with E-state index in [1.165, 1.54) is 5.56 Å². The molecule has 3 aromatic rings. The first-order valence-corrected chi connectivity index (χ1v) is 6.64. The molecular weight excluding hydrogens is 248 g/mol. The molecule has 2 aromatic carbocycles. The lowest BCUT2D eigenvalue weighted by Crippen LogP contribution is -2.22. The summed E-state index contributed by atoms with van der Waals surface area (Å²) < 4.78 is 0. The second-order valence-corrected chi connectivity index (χ2v) is 4.91. The van der Waals surface area contributed by atoms with Crippen LogP contribution in [-0.4, -0.2) is 10.9 Å². The van der Waals surface area contributed by atoms with Crippen molar-refractivity contribution in [1.29, 1.82) is 0 Å². The van der Waals surface area contributed by atoms with E-state index >= 15 is 0 Å². The minimum atomic E-state index is -0.0456. The summed E-state index contributed by atoms with van der Waals surface area (Å²) >= 11 is 0. The van der Waals surface area contributed by atoms with Crippen LogP contribution in [0, 0.1) is 6.92 Å². The van der Waals surface area contributed by atoms with Gasteiger partial charge in [0.15, 0.2) is 0 Å². The number of carbonyl (C=O) groups excluding carboxylic acids is 1. The molecule has 0 aliphatic carbocycles. The largest absolute Gasteiger partial charge is 0.361 e. The Balaban J connectivity index is 1.76. The molecule has 0 saturated carbocycles. The van der Waals surface area contributed by atoms with Gasteiger partial charge < -0.3 is 10.3 Å².